The molecule has 0 bridgehead atoms. The van der Waals surface area contributed by atoms with Crippen molar-refractivity contribution < 1.29 is 5.11 Å². The molecule has 134 valence electrons. The fourth-order valence-electron chi connectivity index (χ4n) is 3.44. The third-order valence-electron chi connectivity index (χ3n) is 4.77. The number of hydrogen-bond donors (Lipinski definition) is 1. The standard InChI is InChI=1S/C24H27NO/c1-2-23(26)24(22-16-10-5-11-17-22)25(18-20-12-6-3-7-13-20)19-21-14-8-4-9-15-21/h3-17,23-24,26H,2,18-19H2,1H3/t23-,24-/m0/s1. The van der Waals surface area contributed by atoms with E-state index >= 15 is 0 Å². The van der Waals surface area contributed by atoms with Crippen LogP contribution in [0.2, 0.25) is 0 Å². The fraction of sp³-hybridized carbons (Fsp3) is 0.250. The van der Waals surface area contributed by atoms with Crippen LogP contribution in [-0.2, 0) is 13.1 Å². The van der Waals surface area contributed by atoms with Crippen molar-refractivity contribution in [1.82, 2.24) is 4.90 Å². The average Bonchev–Trinajstić information content (AvgIpc) is 2.70. The van der Waals surface area contributed by atoms with Crippen LogP contribution in [0.3, 0.4) is 0 Å². The Morgan fingerprint density at radius 3 is 1.54 bits per heavy atom. The van der Waals surface area contributed by atoms with E-state index in [4.69, 9.17) is 0 Å². The molecule has 0 amide bonds. The Morgan fingerprint density at radius 2 is 1.12 bits per heavy atom. The van der Waals surface area contributed by atoms with Crippen LogP contribution in [0.1, 0.15) is 36.1 Å². The number of rotatable bonds is 8. The van der Waals surface area contributed by atoms with E-state index in [-0.39, 0.29) is 6.04 Å². The number of benzene rings is 3. The summed E-state index contributed by atoms with van der Waals surface area (Å²) in [6.07, 6.45) is 0.310. The minimum absolute atomic E-state index is 0.0402. The molecule has 0 aliphatic rings. The quantitative estimate of drug-likeness (QED) is 0.606. The topological polar surface area (TPSA) is 23.5 Å². The summed E-state index contributed by atoms with van der Waals surface area (Å²) in [6, 6.07) is 31.3. The van der Waals surface area contributed by atoms with Crippen LogP contribution in [0.15, 0.2) is 91.0 Å². The first-order valence-electron chi connectivity index (χ1n) is 9.33. The third kappa shape index (κ3) is 4.81. The lowest BCUT2D eigenvalue weighted by Crippen LogP contribution is -2.35. The predicted octanol–water partition coefficient (Wildman–Crippen LogP) is 5.20. The van der Waals surface area contributed by atoms with Gasteiger partial charge < -0.3 is 5.11 Å². The smallest absolute Gasteiger partial charge is 0.0734 e. The highest BCUT2D eigenvalue weighted by atomic mass is 16.3. The van der Waals surface area contributed by atoms with Gasteiger partial charge in [0.15, 0.2) is 0 Å². The molecule has 0 spiro atoms. The summed E-state index contributed by atoms with van der Waals surface area (Å²) in [6.45, 7) is 3.64. The molecule has 0 unspecified atom stereocenters. The van der Waals surface area contributed by atoms with Crippen molar-refractivity contribution in [2.24, 2.45) is 0 Å². The summed E-state index contributed by atoms with van der Waals surface area (Å²) >= 11 is 0. The van der Waals surface area contributed by atoms with Crippen LogP contribution in [-0.4, -0.2) is 16.1 Å². The second-order valence-corrected chi connectivity index (χ2v) is 6.71. The Bertz CT molecular complexity index is 716. The first kappa shape index (κ1) is 18.4. The molecule has 0 fully saturated rings. The monoisotopic (exact) mass is 345 g/mol. The van der Waals surface area contributed by atoms with Crippen LogP contribution in [0, 0.1) is 0 Å². The van der Waals surface area contributed by atoms with Crippen LogP contribution in [0.4, 0.5) is 0 Å². The third-order valence-corrected chi connectivity index (χ3v) is 4.77. The summed E-state index contributed by atoms with van der Waals surface area (Å²) < 4.78 is 0. The zero-order chi connectivity index (χ0) is 18.2. The number of nitrogens with zero attached hydrogens (tertiary/aromatic N) is 1. The van der Waals surface area contributed by atoms with Gasteiger partial charge in [-0.15, -0.1) is 0 Å². The molecule has 0 aliphatic carbocycles. The SMILES string of the molecule is CC[C@H](O)[C@H](c1ccccc1)N(Cc1ccccc1)Cc1ccccc1. The molecule has 2 nitrogen and oxygen atoms in total. The van der Waals surface area contributed by atoms with E-state index in [1.807, 2.05) is 37.3 Å². The van der Waals surface area contributed by atoms with E-state index in [0.29, 0.717) is 0 Å². The van der Waals surface area contributed by atoms with E-state index < -0.39 is 6.10 Å². The fourth-order valence-corrected chi connectivity index (χ4v) is 3.44. The molecule has 0 saturated heterocycles. The summed E-state index contributed by atoms with van der Waals surface area (Å²) in [7, 11) is 0. The molecule has 3 aromatic rings. The van der Waals surface area contributed by atoms with Crippen molar-refractivity contribution in [1.29, 1.82) is 0 Å². The Labute approximate surface area is 156 Å². The summed E-state index contributed by atoms with van der Waals surface area (Å²) in [4.78, 5) is 2.38. The normalized spacial score (nSPS) is 13.5. The van der Waals surface area contributed by atoms with Gasteiger partial charge in [-0.2, -0.15) is 0 Å². The van der Waals surface area contributed by atoms with E-state index in [0.717, 1.165) is 25.1 Å². The largest absolute Gasteiger partial charge is 0.391 e. The van der Waals surface area contributed by atoms with Crippen molar-refractivity contribution in [2.75, 3.05) is 0 Å². The van der Waals surface area contributed by atoms with Crippen molar-refractivity contribution >= 4 is 0 Å². The highest BCUT2D eigenvalue weighted by molar-refractivity contribution is 5.23. The Balaban J connectivity index is 1.95. The van der Waals surface area contributed by atoms with Gasteiger partial charge in [0.2, 0.25) is 0 Å². The van der Waals surface area contributed by atoms with Gasteiger partial charge >= 0.3 is 0 Å². The Morgan fingerprint density at radius 1 is 0.692 bits per heavy atom. The molecule has 2 atom stereocenters. The van der Waals surface area contributed by atoms with Gasteiger partial charge in [0.1, 0.15) is 0 Å². The van der Waals surface area contributed by atoms with Gasteiger partial charge in [0.05, 0.1) is 12.1 Å². The minimum Gasteiger partial charge on any atom is -0.391 e. The molecule has 0 saturated carbocycles. The maximum Gasteiger partial charge on any atom is 0.0734 e. The van der Waals surface area contributed by atoms with Crippen LogP contribution >= 0.6 is 0 Å². The molecular weight excluding hydrogens is 318 g/mol. The van der Waals surface area contributed by atoms with Gasteiger partial charge in [-0.05, 0) is 23.1 Å². The van der Waals surface area contributed by atoms with E-state index in [1.54, 1.807) is 0 Å². The number of aliphatic hydroxyl groups excluding tert-OH is 1. The van der Waals surface area contributed by atoms with Gasteiger partial charge in [0, 0.05) is 13.1 Å². The minimum atomic E-state index is -0.412. The summed E-state index contributed by atoms with van der Waals surface area (Å²) in [5, 5.41) is 10.9. The lowest BCUT2D eigenvalue weighted by molar-refractivity contribution is 0.0360. The highest BCUT2D eigenvalue weighted by Gasteiger charge is 2.27. The first-order chi connectivity index (χ1) is 12.8. The molecule has 0 aromatic heterocycles. The van der Waals surface area contributed by atoms with Crippen molar-refractivity contribution in [3.63, 3.8) is 0 Å². The lowest BCUT2D eigenvalue weighted by Gasteiger charge is -2.35. The van der Waals surface area contributed by atoms with Crippen molar-refractivity contribution in [3.05, 3.63) is 108 Å². The maximum atomic E-state index is 10.9. The molecule has 0 aliphatic heterocycles. The van der Waals surface area contributed by atoms with Crippen LogP contribution < -0.4 is 0 Å². The molecule has 26 heavy (non-hydrogen) atoms. The number of aliphatic hydroxyl groups is 1. The zero-order valence-electron chi connectivity index (χ0n) is 15.3. The van der Waals surface area contributed by atoms with Crippen molar-refractivity contribution in [2.45, 2.75) is 38.6 Å². The summed E-state index contributed by atoms with van der Waals surface area (Å²) in [5.41, 5.74) is 3.68. The Hall–Kier alpha value is -2.42. The van der Waals surface area contributed by atoms with Crippen LogP contribution in [0.25, 0.3) is 0 Å². The van der Waals surface area contributed by atoms with E-state index in [2.05, 4.69) is 65.6 Å². The summed E-state index contributed by atoms with van der Waals surface area (Å²) in [5.74, 6) is 0. The van der Waals surface area contributed by atoms with Gasteiger partial charge in [-0.1, -0.05) is 97.9 Å². The Kier molecular flexibility index (Phi) is 6.59. The lowest BCUT2D eigenvalue weighted by atomic mass is 9.96. The van der Waals surface area contributed by atoms with E-state index in [9.17, 15) is 5.11 Å². The average molecular weight is 345 g/mol. The predicted molar refractivity (Wildman–Crippen MR) is 108 cm³/mol. The second kappa shape index (κ2) is 9.33. The van der Waals surface area contributed by atoms with Crippen molar-refractivity contribution in [3.8, 4) is 0 Å². The number of hydrogen-bond acceptors (Lipinski definition) is 2. The molecule has 1 N–H and O–H groups in total. The second-order valence-electron chi connectivity index (χ2n) is 6.71. The zero-order valence-corrected chi connectivity index (χ0v) is 15.3. The first-order valence-corrected chi connectivity index (χ1v) is 9.33. The van der Waals surface area contributed by atoms with E-state index in [1.165, 1.54) is 11.1 Å². The molecule has 3 aromatic carbocycles. The molecule has 2 heteroatoms. The molecular formula is C24H27NO. The van der Waals surface area contributed by atoms with Gasteiger partial charge in [-0.25, -0.2) is 0 Å². The maximum absolute atomic E-state index is 10.9. The molecule has 0 heterocycles. The van der Waals surface area contributed by atoms with Gasteiger partial charge in [-0.3, -0.25) is 4.90 Å². The highest BCUT2D eigenvalue weighted by Crippen LogP contribution is 2.29. The van der Waals surface area contributed by atoms with Gasteiger partial charge in [0.25, 0.3) is 0 Å². The molecule has 0 radical (unpaired) electrons. The molecule has 3 rings (SSSR count). The van der Waals surface area contributed by atoms with Crippen LogP contribution in [0.5, 0.6) is 0 Å².